The average molecular weight is 305 g/mol. The molecule has 0 saturated heterocycles. The molecule has 22 heavy (non-hydrogen) atoms. The van der Waals surface area contributed by atoms with Gasteiger partial charge in [0.15, 0.2) is 0 Å². The van der Waals surface area contributed by atoms with Crippen LogP contribution in [0, 0.1) is 6.92 Å². The molecule has 1 saturated carbocycles. The van der Waals surface area contributed by atoms with E-state index in [1.54, 1.807) is 19.1 Å². The summed E-state index contributed by atoms with van der Waals surface area (Å²) in [6, 6.07) is 4.64. The SMILES string of the molecule is Cc1cc(C(=O)O)cc(C(=O)NCCCOC2CCCC2)c1. The number of nitrogens with one attached hydrogen (secondary N) is 1. The van der Waals surface area contributed by atoms with Gasteiger partial charge in [0.2, 0.25) is 0 Å². The maximum absolute atomic E-state index is 12.0. The predicted octanol–water partition coefficient (Wildman–Crippen LogP) is 2.77. The molecule has 0 heterocycles. The van der Waals surface area contributed by atoms with Gasteiger partial charge in [0, 0.05) is 18.7 Å². The Morgan fingerprint density at radius 3 is 2.59 bits per heavy atom. The summed E-state index contributed by atoms with van der Waals surface area (Å²) in [5.41, 5.74) is 1.28. The molecule has 1 aromatic carbocycles. The molecule has 1 aromatic rings. The van der Waals surface area contributed by atoms with Crippen molar-refractivity contribution in [1.82, 2.24) is 5.32 Å². The van der Waals surface area contributed by atoms with E-state index in [2.05, 4.69) is 5.32 Å². The van der Waals surface area contributed by atoms with Crippen LogP contribution in [0.5, 0.6) is 0 Å². The molecule has 0 aromatic heterocycles. The van der Waals surface area contributed by atoms with Gasteiger partial charge in [0.05, 0.1) is 11.7 Å². The molecule has 1 amide bonds. The number of ether oxygens (including phenoxy) is 1. The van der Waals surface area contributed by atoms with E-state index in [0.717, 1.165) is 24.8 Å². The molecule has 5 heteroatoms. The van der Waals surface area contributed by atoms with Gasteiger partial charge in [0.1, 0.15) is 0 Å². The summed E-state index contributed by atoms with van der Waals surface area (Å²) in [6.45, 7) is 2.96. The summed E-state index contributed by atoms with van der Waals surface area (Å²) in [5.74, 6) is -1.27. The van der Waals surface area contributed by atoms with Crippen molar-refractivity contribution in [3.05, 3.63) is 34.9 Å². The van der Waals surface area contributed by atoms with Crippen LogP contribution in [0.15, 0.2) is 18.2 Å². The first-order valence-electron chi connectivity index (χ1n) is 7.81. The van der Waals surface area contributed by atoms with E-state index in [4.69, 9.17) is 9.84 Å². The van der Waals surface area contributed by atoms with Crippen LogP contribution in [0.25, 0.3) is 0 Å². The molecule has 1 aliphatic carbocycles. The number of benzene rings is 1. The number of aromatic carboxylic acids is 1. The maximum atomic E-state index is 12.0. The van der Waals surface area contributed by atoms with Crippen LogP contribution in [0.2, 0.25) is 0 Å². The highest BCUT2D eigenvalue weighted by Gasteiger charge is 2.15. The fraction of sp³-hybridized carbons (Fsp3) is 0.529. The van der Waals surface area contributed by atoms with E-state index in [9.17, 15) is 9.59 Å². The minimum Gasteiger partial charge on any atom is -0.478 e. The second-order valence-corrected chi connectivity index (χ2v) is 5.78. The van der Waals surface area contributed by atoms with Crippen molar-refractivity contribution in [3.8, 4) is 0 Å². The fourth-order valence-corrected chi connectivity index (χ4v) is 2.72. The predicted molar refractivity (Wildman–Crippen MR) is 83.3 cm³/mol. The normalized spacial score (nSPS) is 15.0. The van der Waals surface area contributed by atoms with E-state index in [0.29, 0.717) is 24.8 Å². The molecule has 120 valence electrons. The largest absolute Gasteiger partial charge is 0.478 e. The Labute approximate surface area is 130 Å². The quantitative estimate of drug-likeness (QED) is 0.760. The second kappa shape index (κ2) is 7.94. The van der Waals surface area contributed by atoms with E-state index < -0.39 is 5.97 Å². The monoisotopic (exact) mass is 305 g/mol. The first kappa shape index (κ1) is 16.5. The molecule has 0 unspecified atom stereocenters. The summed E-state index contributed by atoms with van der Waals surface area (Å²) >= 11 is 0. The van der Waals surface area contributed by atoms with Crippen molar-refractivity contribution in [2.45, 2.75) is 45.1 Å². The number of carboxylic acid groups (broad SMARTS) is 1. The van der Waals surface area contributed by atoms with Gasteiger partial charge < -0.3 is 15.2 Å². The van der Waals surface area contributed by atoms with Gasteiger partial charge in [-0.05, 0) is 49.9 Å². The van der Waals surface area contributed by atoms with Gasteiger partial charge in [-0.1, -0.05) is 12.8 Å². The number of carbonyl (C=O) groups excluding carboxylic acids is 1. The van der Waals surface area contributed by atoms with Gasteiger partial charge in [-0.25, -0.2) is 4.79 Å². The molecule has 0 aliphatic heterocycles. The zero-order chi connectivity index (χ0) is 15.9. The third-order valence-corrected chi connectivity index (χ3v) is 3.85. The Morgan fingerprint density at radius 1 is 1.23 bits per heavy atom. The van der Waals surface area contributed by atoms with Crippen molar-refractivity contribution >= 4 is 11.9 Å². The van der Waals surface area contributed by atoms with Crippen molar-refractivity contribution in [3.63, 3.8) is 0 Å². The number of amides is 1. The molecule has 0 bridgehead atoms. The lowest BCUT2D eigenvalue weighted by Gasteiger charge is -2.11. The first-order valence-corrected chi connectivity index (χ1v) is 7.81. The topological polar surface area (TPSA) is 75.6 Å². The van der Waals surface area contributed by atoms with Crippen LogP contribution in [0.4, 0.5) is 0 Å². The first-order chi connectivity index (χ1) is 10.6. The number of hydrogen-bond acceptors (Lipinski definition) is 3. The zero-order valence-corrected chi connectivity index (χ0v) is 12.9. The molecule has 2 N–H and O–H groups in total. The minimum atomic E-state index is -1.03. The van der Waals surface area contributed by atoms with Crippen molar-refractivity contribution in [2.24, 2.45) is 0 Å². The number of rotatable bonds is 7. The summed E-state index contributed by atoms with van der Waals surface area (Å²) in [7, 11) is 0. The molecule has 0 radical (unpaired) electrons. The van der Waals surface area contributed by atoms with E-state index in [1.807, 2.05) is 0 Å². The van der Waals surface area contributed by atoms with Crippen LogP contribution in [0.3, 0.4) is 0 Å². The summed E-state index contributed by atoms with van der Waals surface area (Å²) < 4.78 is 5.73. The van der Waals surface area contributed by atoms with E-state index >= 15 is 0 Å². The fourth-order valence-electron chi connectivity index (χ4n) is 2.72. The average Bonchev–Trinajstić information content (AvgIpc) is 2.99. The van der Waals surface area contributed by atoms with E-state index in [-0.39, 0.29) is 11.5 Å². The lowest BCUT2D eigenvalue weighted by molar-refractivity contribution is 0.0565. The third kappa shape index (κ3) is 4.84. The highest BCUT2D eigenvalue weighted by atomic mass is 16.5. The van der Waals surface area contributed by atoms with Gasteiger partial charge in [-0.15, -0.1) is 0 Å². The molecule has 1 fully saturated rings. The van der Waals surface area contributed by atoms with Crippen molar-refractivity contribution in [1.29, 1.82) is 0 Å². The van der Waals surface area contributed by atoms with Crippen molar-refractivity contribution < 1.29 is 19.4 Å². The molecule has 2 rings (SSSR count). The van der Waals surface area contributed by atoms with Crippen LogP contribution < -0.4 is 5.32 Å². The molecule has 1 aliphatic rings. The minimum absolute atomic E-state index is 0.134. The van der Waals surface area contributed by atoms with E-state index in [1.165, 1.54) is 18.9 Å². The van der Waals surface area contributed by atoms with Gasteiger partial charge >= 0.3 is 5.97 Å². The number of aryl methyl sites for hydroxylation is 1. The third-order valence-electron chi connectivity index (χ3n) is 3.85. The molecular weight excluding hydrogens is 282 g/mol. The number of hydrogen-bond donors (Lipinski definition) is 2. The smallest absolute Gasteiger partial charge is 0.335 e. The van der Waals surface area contributed by atoms with Crippen LogP contribution >= 0.6 is 0 Å². The number of carboxylic acids is 1. The van der Waals surface area contributed by atoms with Crippen molar-refractivity contribution in [2.75, 3.05) is 13.2 Å². The highest BCUT2D eigenvalue weighted by molar-refractivity contribution is 5.97. The Morgan fingerprint density at radius 2 is 1.91 bits per heavy atom. The molecule has 5 nitrogen and oxygen atoms in total. The Hall–Kier alpha value is -1.88. The Kier molecular flexibility index (Phi) is 5.95. The summed E-state index contributed by atoms with van der Waals surface area (Å²) in [6.07, 6.45) is 5.95. The van der Waals surface area contributed by atoms with Crippen LogP contribution in [-0.2, 0) is 4.74 Å². The van der Waals surface area contributed by atoms with Gasteiger partial charge in [-0.2, -0.15) is 0 Å². The zero-order valence-electron chi connectivity index (χ0n) is 12.9. The molecule has 0 spiro atoms. The Balaban J connectivity index is 1.75. The Bertz CT molecular complexity index is 535. The number of carbonyl (C=O) groups is 2. The molecule has 0 atom stereocenters. The van der Waals surface area contributed by atoms with Crippen LogP contribution in [0.1, 0.15) is 58.4 Å². The second-order valence-electron chi connectivity index (χ2n) is 5.78. The molecular formula is C17H23NO4. The standard InChI is InChI=1S/C17H23NO4/c1-12-9-13(11-14(10-12)17(20)21)16(19)18-7-4-8-22-15-5-2-3-6-15/h9-11,15H,2-8H2,1H3,(H,18,19)(H,20,21). The van der Waals surface area contributed by atoms with Gasteiger partial charge in [-0.3, -0.25) is 4.79 Å². The summed E-state index contributed by atoms with van der Waals surface area (Å²) in [5, 5.41) is 11.8. The maximum Gasteiger partial charge on any atom is 0.335 e. The highest BCUT2D eigenvalue weighted by Crippen LogP contribution is 2.20. The van der Waals surface area contributed by atoms with Crippen LogP contribution in [-0.4, -0.2) is 36.2 Å². The summed E-state index contributed by atoms with van der Waals surface area (Å²) in [4.78, 5) is 23.1. The van der Waals surface area contributed by atoms with Gasteiger partial charge in [0.25, 0.3) is 5.91 Å². The lowest BCUT2D eigenvalue weighted by atomic mass is 10.1. The lowest BCUT2D eigenvalue weighted by Crippen LogP contribution is -2.26.